The third-order valence-corrected chi connectivity index (χ3v) is 6.20. The summed E-state index contributed by atoms with van der Waals surface area (Å²) in [5.41, 5.74) is 0.456. The summed E-state index contributed by atoms with van der Waals surface area (Å²) in [7, 11) is 0. The predicted molar refractivity (Wildman–Crippen MR) is 124 cm³/mol. The lowest BCUT2D eigenvalue weighted by molar-refractivity contribution is -0.192. The van der Waals surface area contributed by atoms with Crippen LogP contribution in [0, 0.1) is 5.92 Å². The number of para-hydroxylation sites is 1. The summed E-state index contributed by atoms with van der Waals surface area (Å²) in [5.74, 6) is -1.22. The Bertz CT molecular complexity index is 981. The number of aliphatic carboxylic acids is 1. The first-order chi connectivity index (χ1) is 16.3. The number of ether oxygens (including phenoxy) is 1. The highest BCUT2D eigenvalue weighted by molar-refractivity contribution is 5.77. The molecule has 0 unspecified atom stereocenters. The van der Waals surface area contributed by atoms with Gasteiger partial charge in [0.05, 0.1) is 6.54 Å². The highest BCUT2D eigenvalue weighted by atomic mass is 19.4. The van der Waals surface area contributed by atoms with Gasteiger partial charge in [0.1, 0.15) is 16.9 Å². The van der Waals surface area contributed by atoms with Gasteiger partial charge in [0, 0.05) is 24.0 Å². The number of nitrogens with zero attached hydrogens (tertiary/aromatic N) is 1. The van der Waals surface area contributed by atoms with Gasteiger partial charge in [0.15, 0.2) is 0 Å². The van der Waals surface area contributed by atoms with Crippen LogP contribution in [0.25, 0.3) is 11.0 Å². The average Bonchev–Trinajstić information content (AvgIpc) is 3.32. The second-order valence-electron chi connectivity index (χ2n) is 10.1. The molecule has 2 aromatic rings. The first-order valence-electron chi connectivity index (χ1n) is 11.8. The highest BCUT2D eigenvalue weighted by Crippen LogP contribution is 2.40. The van der Waals surface area contributed by atoms with Gasteiger partial charge in [-0.3, -0.25) is 0 Å². The van der Waals surface area contributed by atoms with Gasteiger partial charge in [-0.2, -0.15) is 13.2 Å². The van der Waals surface area contributed by atoms with Gasteiger partial charge in [-0.05, 0) is 58.1 Å². The van der Waals surface area contributed by atoms with Gasteiger partial charge in [0.25, 0.3) is 0 Å². The van der Waals surface area contributed by atoms with Crippen molar-refractivity contribution in [2.24, 2.45) is 5.92 Å². The highest BCUT2D eigenvalue weighted by Gasteiger charge is 2.45. The molecule has 0 spiro atoms. The van der Waals surface area contributed by atoms with E-state index in [1.54, 1.807) is 0 Å². The van der Waals surface area contributed by atoms with E-state index < -0.39 is 17.7 Å². The van der Waals surface area contributed by atoms with Crippen LogP contribution < -0.4 is 5.32 Å². The fourth-order valence-electron chi connectivity index (χ4n) is 4.83. The number of likely N-dealkylation sites (tertiary alicyclic amines) is 1. The van der Waals surface area contributed by atoms with Crippen molar-refractivity contribution in [3.8, 4) is 0 Å². The molecule has 1 aromatic heterocycles. The number of carbonyl (C=O) groups is 2. The molecule has 1 saturated heterocycles. The van der Waals surface area contributed by atoms with Crippen LogP contribution in [0.15, 0.2) is 34.7 Å². The maximum Gasteiger partial charge on any atom is 0.490 e. The van der Waals surface area contributed by atoms with Crippen molar-refractivity contribution in [3.63, 3.8) is 0 Å². The van der Waals surface area contributed by atoms with Gasteiger partial charge < -0.3 is 24.5 Å². The summed E-state index contributed by atoms with van der Waals surface area (Å²) in [6, 6.07) is 10.7. The van der Waals surface area contributed by atoms with Crippen LogP contribution in [-0.2, 0) is 16.1 Å². The number of furan rings is 1. The molecule has 1 aliphatic heterocycles. The number of carbonyl (C=O) groups excluding carboxylic acids is 1. The molecule has 2 aliphatic rings. The summed E-state index contributed by atoms with van der Waals surface area (Å²) in [5, 5.41) is 11.8. The molecule has 1 aromatic carbocycles. The first-order valence-corrected chi connectivity index (χ1v) is 11.8. The Morgan fingerprint density at radius 3 is 2.46 bits per heavy atom. The Balaban J connectivity index is 0.000000429. The van der Waals surface area contributed by atoms with Crippen molar-refractivity contribution in [3.05, 3.63) is 36.1 Å². The second kappa shape index (κ2) is 10.9. The Morgan fingerprint density at radius 2 is 1.83 bits per heavy atom. The zero-order chi connectivity index (χ0) is 25.8. The number of hydrogen-bond donors (Lipinski definition) is 2. The van der Waals surface area contributed by atoms with E-state index in [9.17, 15) is 18.0 Å². The van der Waals surface area contributed by atoms with E-state index in [0.29, 0.717) is 18.5 Å². The summed E-state index contributed by atoms with van der Waals surface area (Å²) >= 11 is 0. The van der Waals surface area contributed by atoms with Crippen molar-refractivity contribution in [1.82, 2.24) is 10.2 Å². The normalized spacial score (nSPS) is 22.3. The zero-order valence-electron chi connectivity index (χ0n) is 20.2. The maximum absolute atomic E-state index is 12.9. The third kappa shape index (κ3) is 7.37. The van der Waals surface area contributed by atoms with Crippen molar-refractivity contribution in [1.29, 1.82) is 0 Å². The number of hydrogen-bond acceptors (Lipinski definition) is 5. The van der Waals surface area contributed by atoms with Gasteiger partial charge in [-0.25, -0.2) is 9.59 Å². The molecule has 35 heavy (non-hydrogen) atoms. The average molecular weight is 499 g/mol. The second-order valence-corrected chi connectivity index (χ2v) is 10.1. The van der Waals surface area contributed by atoms with Crippen LogP contribution in [0.5, 0.6) is 0 Å². The Morgan fingerprint density at radius 1 is 1.17 bits per heavy atom. The fraction of sp³-hybridized carbons (Fsp3) is 0.600. The number of rotatable bonds is 4. The number of benzene rings is 1. The first kappa shape index (κ1) is 26.8. The van der Waals surface area contributed by atoms with E-state index in [-0.39, 0.29) is 12.1 Å². The standard InChI is InChI=1S/C23H32N2O3.C2HF3O2/c1-23(2,3)28-22(26)25-18(12-16-8-4-6-10-20(16)25)14-24-15-19-13-17-9-5-7-11-21(17)27-19;3-2(4,5)1(6)7/h5,7,9,11,13,16,18,20,24H,4,6,8,10,12,14-15H2,1-3H3;(H,6,7)/t16-,18-,20-;/m0./s1. The number of halogens is 3. The molecule has 3 atom stereocenters. The topological polar surface area (TPSA) is 92.0 Å². The summed E-state index contributed by atoms with van der Waals surface area (Å²) in [4.78, 5) is 23.9. The molecule has 2 N–H and O–H groups in total. The van der Waals surface area contributed by atoms with Crippen LogP contribution in [0.1, 0.15) is 58.6 Å². The lowest BCUT2D eigenvalue weighted by Crippen LogP contribution is -2.48. The smallest absolute Gasteiger partial charge is 0.475 e. The monoisotopic (exact) mass is 498 g/mol. The molecule has 0 radical (unpaired) electrons. The molecule has 4 rings (SSSR count). The SMILES string of the molecule is CC(C)(C)OC(=O)N1[C@H](CNCc2cc3ccccc3o2)C[C@@H]2CCCC[C@@H]21.O=C(O)C(F)(F)F. The van der Waals surface area contributed by atoms with Gasteiger partial charge in [-0.1, -0.05) is 31.0 Å². The van der Waals surface area contributed by atoms with Crippen LogP contribution in [-0.4, -0.2) is 52.5 Å². The van der Waals surface area contributed by atoms with Crippen LogP contribution >= 0.6 is 0 Å². The molecule has 7 nitrogen and oxygen atoms in total. The number of nitrogens with one attached hydrogen (secondary N) is 1. The van der Waals surface area contributed by atoms with E-state index in [2.05, 4.69) is 17.4 Å². The van der Waals surface area contributed by atoms with E-state index >= 15 is 0 Å². The van der Waals surface area contributed by atoms with Crippen molar-refractivity contribution in [2.75, 3.05) is 6.54 Å². The molecule has 2 fully saturated rings. The van der Waals surface area contributed by atoms with E-state index in [1.165, 1.54) is 19.3 Å². The molecular formula is C25H33F3N2O5. The molecule has 1 aliphatic carbocycles. The van der Waals surface area contributed by atoms with E-state index in [4.69, 9.17) is 19.1 Å². The largest absolute Gasteiger partial charge is 0.490 e. The fourth-order valence-corrected chi connectivity index (χ4v) is 4.83. The molecule has 2 heterocycles. The maximum atomic E-state index is 12.9. The predicted octanol–water partition coefficient (Wildman–Crippen LogP) is 5.72. The van der Waals surface area contributed by atoms with Crippen LogP contribution in [0.3, 0.4) is 0 Å². The Labute approximate surface area is 202 Å². The number of fused-ring (bicyclic) bond motifs is 2. The quantitative estimate of drug-likeness (QED) is 0.560. The number of carboxylic acids is 1. The lowest BCUT2D eigenvalue weighted by atomic mass is 9.85. The molecule has 0 bridgehead atoms. The van der Waals surface area contributed by atoms with Crippen molar-refractivity contribution < 1.29 is 37.0 Å². The third-order valence-electron chi connectivity index (χ3n) is 6.20. The summed E-state index contributed by atoms with van der Waals surface area (Å²) in [6.07, 6.45) is 0.644. The summed E-state index contributed by atoms with van der Waals surface area (Å²) < 4.78 is 43.4. The Hall–Kier alpha value is -2.75. The number of carboxylic acid groups (broad SMARTS) is 1. The van der Waals surface area contributed by atoms with Crippen LogP contribution in [0.4, 0.5) is 18.0 Å². The Kier molecular flexibility index (Phi) is 8.35. The van der Waals surface area contributed by atoms with Crippen molar-refractivity contribution in [2.45, 2.75) is 83.3 Å². The molecular weight excluding hydrogens is 465 g/mol. The minimum atomic E-state index is -5.08. The minimum Gasteiger partial charge on any atom is -0.475 e. The summed E-state index contributed by atoms with van der Waals surface area (Å²) in [6.45, 7) is 7.25. The van der Waals surface area contributed by atoms with Gasteiger partial charge in [-0.15, -0.1) is 0 Å². The van der Waals surface area contributed by atoms with E-state index in [0.717, 1.165) is 36.1 Å². The zero-order valence-corrected chi connectivity index (χ0v) is 20.2. The minimum absolute atomic E-state index is 0.155. The molecule has 1 saturated carbocycles. The number of alkyl halides is 3. The number of amides is 1. The van der Waals surface area contributed by atoms with Gasteiger partial charge in [0.2, 0.25) is 0 Å². The van der Waals surface area contributed by atoms with Gasteiger partial charge >= 0.3 is 18.2 Å². The lowest BCUT2D eigenvalue weighted by Gasteiger charge is -2.35. The van der Waals surface area contributed by atoms with Crippen molar-refractivity contribution >= 4 is 23.0 Å². The molecule has 194 valence electrons. The molecule has 10 heteroatoms. The van der Waals surface area contributed by atoms with E-state index in [1.807, 2.05) is 43.9 Å². The molecule has 1 amide bonds. The van der Waals surface area contributed by atoms with Crippen LogP contribution in [0.2, 0.25) is 0 Å².